The number of nitrogens with one attached hydrogen (secondary N) is 1. The van der Waals surface area contributed by atoms with E-state index in [-0.39, 0.29) is 111 Å². The predicted octanol–water partition coefficient (Wildman–Crippen LogP) is -5.94. The number of primary amides is 1. The summed E-state index contributed by atoms with van der Waals surface area (Å²) in [6.07, 6.45) is 2.01. The number of carbonyl (C=O) groups is 2. The van der Waals surface area contributed by atoms with Crippen molar-refractivity contribution in [2.45, 2.75) is 49.8 Å². The molecule has 1 aliphatic heterocycles. The molecule has 0 atom stereocenters. The topological polar surface area (TPSA) is 163 Å². The van der Waals surface area contributed by atoms with E-state index in [1.807, 2.05) is 13.8 Å². The van der Waals surface area contributed by atoms with Gasteiger partial charge in [-0.1, -0.05) is 38.5 Å². The number of Topliss-reactive ketones (excluding diaryl/α,β-unsaturated/α-hetero) is 1. The van der Waals surface area contributed by atoms with Crippen LogP contribution in [-0.4, -0.2) is 33.2 Å². The number of ether oxygens (including phenoxy) is 1. The molecule has 2 aromatic carbocycles. The van der Waals surface area contributed by atoms with Gasteiger partial charge in [0.2, 0.25) is 0 Å². The number of benzene rings is 2. The summed E-state index contributed by atoms with van der Waals surface area (Å²) < 4.78 is 49.3. The first-order valence-electron chi connectivity index (χ1n) is 11.5. The standard InChI is InChI=1S/C25H28FN3O6S.3Na/c1-3-9-25(10-4-2)17-7-5-14(26)11-16(17)22(31)21(23(25)32)24-28-18-8-6-15(35-13-20(27)30)12-19(18)36(33,34)29-24;;;/h5-8,11-12,31,33-34H,3-4,9-10,13H2,1-2H3,(H2,27,30)(H,28,29);;;/q;3*+1/p-3. The van der Waals surface area contributed by atoms with Crippen LogP contribution in [0.2, 0.25) is 0 Å². The number of fused-ring (bicyclic) bond motifs is 2. The predicted molar refractivity (Wildman–Crippen MR) is 129 cm³/mol. The quantitative estimate of drug-likeness (QED) is 0.293. The summed E-state index contributed by atoms with van der Waals surface area (Å²) >= 11 is 0. The average molecular weight is 584 g/mol. The number of ketones is 1. The van der Waals surface area contributed by atoms with E-state index in [2.05, 4.69) is 9.71 Å². The van der Waals surface area contributed by atoms with Gasteiger partial charge in [-0.25, -0.2) is 8.79 Å². The molecule has 2 aromatic rings. The second-order valence-electron chi connectivity index (χ2n) is 8.76. The van der Waals surface area contributed by atoms with Gasteiger partial charge in [0.15, 0.2) is 18.2 Å². The first-order chi connectivity index (χ1) is 17.0. The van der Waals surface area contributed by atoms with Gasteiger partial charge in [0.1, 0.15) is 11.6 Å². The molecule has 4 rings (SSSR count). The largest absolute Gasteiger partial charge is 1.00 e. The molecular weight excluding hydrogens is 558 g/mol. The molecule has 1 amide bonds. The van der Waals surface area contributed by atoms with E-state index in [0.717, 1.165) is 6.07 Å². The molecule has 192 valence electrons. The second-order valence-corrected chi connectivity index (χ2v) is 10.3. The minimum absolute atomic E-state index is 0. The molecule has 9 nitrogen and oxygen atoms in total. The van der Waals surface area contributed by atoms with Crippen LogP contribution in [0.1, 0.15) is 50.7 Å². The Bertz CT molecular complexity index is 1320. The first-order valence-corrected chi connectivity index (χ1v) is 12.9. The van der Waals surface area contributed by atoms with Crippen LogP contribution in [0.3, 0.4) is 0 Å². The number of nitrogens with zero attached hydrogens (tertiary/aromatic N) is 1. The van der Waals surface area contributed by atoms with Crippen molar-refractivity contribution in [1.82, 2.24) is 0 Å². The van der Waals surface area contributed by atoms with E-state index in [0.29, 0.717) is 31.2 Å². The maximum Gasteiger partial charge on any atom is 1.00 e. The molecule has 3 N–H and O–H groups in total. The summed E-state index contributed by atoms with van der Waals surface area (Å²) in [4.78, 5) is 24.7. The van der Waals surface area contributed by atoms with Crippen LogP contribution in [0.4, 0.5) is 10.1 Å². The van der Waals surface area contributed by atoms with Crippen molar-refractivity contribution in [3.8, 4) is 5.75 Å². The number of nitrogens with two attached hydrogens (primary N) is 1. The van der Waals surface area contributed by atoms with E-state index in [4.69, 9.17) is 10.5 Å². The number of hydrogen-bond donors (Lipinski definition) is 2. The summed E-state index contributed by atoms with van der Waals surface area (Å²) in [7, 11) is -4.37. The van der Waals surface area contributed by atoms with Crippen LogP contribution < -0.4 is 110 Å². The molecule has 0 radical (unpaired) electrons. The summed E-state index contributed by atoms with van der Waals surface area (Å²) in [5.74, 6) is -3.04. The molecule has 0 unspecified atom stereocenters. The Hall–Kier alpha value is -0.410. The zero-order valence-electron chi connectivity index (χ0n) is 22.8. The molecule has 1 heterocycles. The number of amidine groups is 1. The van der Waals surface area contributed by atoms with E-state index < -0.39 is 57.5 Å². The fraction of sp³-hybridized carbons (Fsp3) is 0.320. The van der Waals surface area contributed by atoms with Gasteiger partial charge >= 0.3 is 88.7 Å². The Labute approximate surface area is 294 Å². The van der Waals surface area contributed by atoms with Crippen molar-refractivity contribution in [3.05, 3.63) is 58.9 Å². The molecule has 2 aliphatic rings. The number of hydrogen-bond acceptors (Lipinski definition) is 8. The van der Waals surface area contributed by atoms with Gasteiger partial charge in [-0.3, -0.25) is 9.59 Å². The third-order valence-corrected chi connectivity index (χ3v) is 7.61. The Morgan fingerprint density at radius 2 is 1.74 bits per heavy atom. The fourth-order valence-electron chi connectivity index (χ4n) is 4.90. The normalized spacial score (nSPS) is 17.1. The number of anilines is 1. The van der Waals surface area contributed by atoms with Gasteiger partial charge in [-0.2, -0.15) is 0 Å². The van der Waals surface area contributed by atoms with Crippen molar-refractivity contribution < 1.29 is 122 Å². The molecular formula is C25H25FN3Na3O6S. The van der Waals surface area contributed by atoms with Gasteiger partial charge in [-0.15, -0.1) is 0 Å². The van der Waals surface area contributed by atoms with Gasteiger partial charge in [-0.05, 0) is 48.2 Å². The van der Waals surface area contributed by atoms with Crippen LogP contribution in [0, 0.1) is 5.82 Å². The Morgan fingerprint density at radius 1 is 1.10 bits per heavy atom. The van der Waals surface area contributed by atoms with Crippen LogP contribution in [0.25, 0.3) is 5.76 Å². The van der Waals surface area contributed by atoms with Crippen molar-refractivity contribution in [1.29, 1.82) is 0 Å². The van der Waals surface area contributed by atoms with Crippen LogP contribution in [-0.2, 0) is 15.0 Å². The number of rotatable bonds is 8. The van der Waals surface area contributed by atoms with Crippen molar-refractivity contribution in [2.75, 3.05) is 11.9 Å². The zero-order chi connectivity index (χ0) is 26.3. The Kier molecular flexibility index (Phi) is 13.8. The maximum atomic E-state index is 14.2. The molecule has 0 aromatic heterocycles. The molecule has 0 spiro atoms. The van der Waals surface area contributed by atoms with Crippen LogP contribution >= 0.6 is 10.8 Å². The molecule has 39 heavy (non-hydrogen) atoms. The summed E-state index contributed by atoms with van der Waals surface area (Å²) in [5, 5.41) is 16.3. The van der Waals surface area contributed by atoms with E-state index in [1.165, 1.54) is 30.3 Å². The number of halogens is 1. The number of carbonyl (C=O) groups excluding carboxylic acids is 2. The minimum Gasteiger partial charge on any atom is -0.871 e. The Balaban J connectivity index is 0.00000253. The number of amides is 1. The van der Waals surface area contributed by atoms with Gasteiger partial charge in [0.25, 0.3) is 5.91 Å². The molecule has 0 bridgehead atoms. The van der Waals surface area contributed by atoms with Crippen LogP contribution in [0.5, 0.6) is 5.75 Å². The second kappa shape index (κ2) is 14.7. The molecule has 0 saturated heterocycles. The van der Waals surface area contributed by atoms with Crippen LogP contribution in [0.15, 0.2) is 51.3 Å². The Morgan fingerprint density at radius 3 is 2.33 bits per heavy atom. The smallest absolute Gasteiger partial charge is 0.871 e. The third-order valence-electron chi connectivity index (χ3n) is 6.30. The average Bonchev–Trinajstić information content (AvgIpc) is 2.81. The molecule has 0 fully saturated rings. The summed E-state index contributed by atoms with van der Waals surface area (Å²) in [5.41, 5.74) is 4.07. The SMILES string of the molecule is CCCC1(CCC)C(=O)C(C2=NS([O-])([O-])c3cc(OCC(N)=O)ccc3N2)=C([O-])c2cc(F)ccc21.[Na+].[Na+].[Na+]. The summed E-state index contributed by atoms with van der Waals surface area (Å²) in [6, 6.07) is 7.72. The van der Waals surface area contributed by atoms with Gasteiger partial charge < -0.3 is 40.8 Å². The van der Waals surface area contributed by atoms with Crippen molar-refractivity contribution >= 4 is 39.7 Å². The van der Waals surface area contributed by atoms with Crippen molar-refractivity contribution in [2.24, 2.45) is 10.1 Å². The fourth-order valence-corrected chi connectivity index (χ4v) is 6.04. The van der Waals surface area contributed by atoms with Gasteiger partial charge in [0, 0.05) is 11.0 Å². The number of sulfonamides is 1. The van der Waals surface area contributed by atoms with Crippen molar-refractivity contribution in [3.63, 3.8) is 0 Å². The molecule has 0 saturated carbocycles. The maximum absolute atomic E-state index is 14.2. The van der Waals surface area contributed by atoms with E-state index in [1.54, 1.807) is 0 Å². The third kappa shape index (κ3) is 7.15. The van der Waals surface area contributed by atoms with Gasteiger partial charge in [0.05, 0.1) is 16.7 Å². The summed E-state index contributed by atoms with van der Waals surface area (Å²) in [6.45, 7) is 3.35. The minimum atomic E-state index is -4.37. The van der Waals surface area contributed by atoms with E-state index >= 15 is 0 Å². The van der Waals surface area contributed by atoms with E-state index in [9.17, 15) is 28.2 Å². The molecule has 1 aliphatic carbocycles. The first kappa shape index (κ1) is 36.6. The molecule has 14 heteroatoms. The monoisotopic (exact) mass is 583 g/mol. The zero-order valence-corrected chi connectivity index (χ0v) is 29.6.